The van der Waals surface area contributed by atoms with Crippen LogP contribution in [0.2, 0.25) is 0 Å². The van der Waals surface area contributed by atoms with E-state index in [1.165, 1.54) is 0 Å². The molecule has 8 heavy (non-hydrogen) atoms. The highest BCUT2D eigenvalue weighted by molar-refractivity contribution is 5.81. The van der Waals surface area contributed by atoms with Gasteiger partial charge in [0.15, 0.2) is 0 Å². The molecule has 0 atom stereocenters. The fourth-order valence-corrected chi connectivity index (χ4v) is 0.478. The molecule has 0 aromatic heterocycles. The predicted molar refractivity (Wildman–Crippen MR) is 33.3 cm³/mol. The largest absolute Gasteiger partial charge is 0.146 e. The second-order valence-electron chi connectivity index (χ2n) is 1.93. The molecule has 0 fully saturated rings. The minimum Gasteiger partial charge on any atom is -0.146 e. The van der Waals surface area contributed by atoms with Gasteiger partial charge in [0.25, 0.3) is 0 Å². The van der Waals surface area contributed by atoms with Crippen LogP contribution in [0.3, 0.4) is 0 Å². The molecule has 0 rings (SSSR count). The predicted octanol–water partition coefficient (Wildman–Crippen LogP) is 1.98. The van der Waals surface area contributed by atoms with E-state index in [-0.39, 0.29) is 0 Å². The lowest BCUT2D eigenvalue weighted by Crippen LogP contribution is -1.88. The van der Waals surface area contributed by atoms with Crippen molar-refractivity contribution < 1.29 is 5.21 Å². The maximum absolute atomic E-state index is 9.72. The Morgan fingerprint density at radius 2 is 2.25 bits per heavy atom. The van der Waals surface area contributed by atoms with E-state index in [9.17, 15) is 5.21 Å². The number of hydrogen-bond acceptors (Lipinski definition) is 1. The van der Waals surface area contributed by atoms with E-state index in [0.29, 0.717) is 5.71 Å². The molecule has 0 aliphatic carbocycles. The van der Waals surface area contributed by atoms with Crippen molar-refractivity contribution in [2.75, 3.05) is 0 Å². The highest BCUT2D eigenvalue weighted by atomic mass is 16.4. The molecule has 0 spiro atoms. The quantitative estimate of drug-likeness (QED) is 0.397. The van der Waals surface area contributed by atoms with Crippen molar-refractivity contribution in [1.29, 1.82) is 0 Å². The van der Waals surface area contributed by atoms with Gasteiger partial charge in [0.2, 0.25) is 0 Å². The molecule has 0 N–H and O–H groups in total. The SMILES string of the molecule is CCCCC(C)=N[O]. The number of rotatable bonds is 3. The van der Waals surface area contributed by atoms with E-state index in [1.54, 1.807) is 6.92 Å². The molecule has 2 nitrogen and oxygen atoms in total. The summed E-state index contributed by atoms with van der Waals surface area (Å²) in [6, 6.07) is 0. The first-order chi connectivity index (χ1) is 3.81. The van der Waals surface area contributed by atoms with E-state index >= 15 is 0 Å². The van der Waals surface area contributed by atoms with E-state index in [0.717, 1.165) is 19.3 Å². The summed E-state index contributed by atoms with van der Waals surface area (Å²) in [6.07, 6.45) is 3.07. The minimum atomic E-state index is 0.715. The van der Waals surface area contributed by atoms with Gasteiger partial charge in [0.05, 0.1) is 5.71 Å². The van der Waals surface area contributed by atoms with Gasteiger partial charge in [-0.15, -0.1) is 5.21 Å². The average molecular weight is 114 g/mol. The highest BCUT2D eigenvalue weighted by Crippen LogP contribution is 1.94. The zero-order valence-corrected chi connectivity index (χ0v) is 5.48. The van der Waals surface area contributed by atoms with Crippen LogP contribution in [-0.2, 0) is 5.21 Å². The van der Waals surface area contributed by atoms with Gasteiger partial charge in [-0.05, 0) is 24.9 Å². The fraction of sp³-hybridized carbons (Fsp3) is 0.833. The van der Waals surface area contributed by atoms with Gasteiger partial charge in [0, 0.05) is 0 Å². The monoisotopic (exact) mass is 114 g/mol. The van der Waals surface area contributed by atoms with Crippen LogP contribution in [0.4, 0.5) is 0 Å². The summed E-state index contributed by atoms with van der Waals surface area (Å²) >= 11 is 0. The summed E-state index contributed by atoms with van der Waals surface area (Å²) in [5, 5.41) is 12.5. The first-order valence-electron chi connectivity index (χ1n) is 2.97. The van der Waals surface area contributed by atoms with Gasteiger partial charge < -0.3 is 0 Å². The Labute approximate surface area is 50.2 Å². The first-order valence-corrected chi connectivity index (χ1v) is 2.97. The van der Waals surface area contributed by atoms with Crippen molar-refractivity contribution in [3.05, 3.63) is 0 Å². The Balaban J connectivity index is 3.12. The Kier molecular flexibility index (Phi) is 4.32. The van der Waals surface area contributed by atoms with E-state index in [4.69, 9.17) is 0 Å². The number of unbranched alkanes of at least 4 members (excludes halogenated alkanes) is 1. The van der Waals surface area contributed by atoms with Gasteiger partial charge in [-0.3, -0.25) is 0 Å². The summed E-state index contributed by atoms with van der Waals surface area (Å²) in [6.45, 7) is 3.86. The highest BCUT2D eigenvalue weighted by Gasteiger charge is 1.88. The topological polar surface area (TPSA) is 32.3 Å². The molecule has 0 saturated heterocycles. The molecule has 0 aliphatic rings. The third-order valence-corrected chi connectivity index (χ3v) is 1.05. The van der Waals surface area contributed by atoms with Crippen LogP contribution in [0.25, 0.3) is 0 Å². The lowest BCUT2D eigenvalue weighted by molar-refractivity contribution is 0.208. The van der Waals surface area contributed by atoms with E-state index in [1.807, 2.05) is 0 Å². The second kappa shape index (κ2) is 4.62. The first kappa shape index (κ1) is 7.47. The Morgan fingerprint density at radius 3 is 2.62 bits per heavy atom. The summed E-state index contributed by atoms with van der Waals surface area (Å²) < 4.78 is 0. The molecule has 0 bridgehead atoms. The van der Waals surface area contributed by atoms with Gasteiger partial charge >= 0.3 is 0 Å². The summed E-state index contributed by atoms with van der Waals surface area (Å²) in [7, 11) is 0. The lowest BCUT2D eigenvalue weighted by atomic mass is 10.2. The van der Waals surface area contributed by atoms with Crippen LogP contribution in [0.15, 0.2) is 5.16 Å². The maximum atomic E-state index is 9.72. The standard InChI is InChI=1S/C6H12NO/c1-3-4-5-6(2)7-8/h3-5H2,1-2H3. The Bertz CT molecular complexity index is 78.6. The van der Waals surface area contributed by atoms with Crippen LogP contribution in [0, 0.1) is 0 Å². The van der Waals surface area contributed by atoms with Crippen molar-refractivity contribution in [2.45, 2.75) is 33.1 Å². The normalized spacial score (nSPS) is 12.0. The molecule has 47 valence electrons. The van der Waals surface area contributed by atoms with E-state index < -0.39 is 0 Å². The average Bonchev–Trinajstić information content (AvgIpc) is 1.83. The van der Waals surface area contributed by atoms with Crippen molar-refractivity contribution >= 4 is 5.71 Å². The molecular formula is C6H12NO. The Hall–Kier alpha value is -0.530. The third-order valence-electron chi connectivity index (χ3n) is 1.05. The summed E-state index contributed by atoms with van der Waals surface area (Å²) in [5.41, 5.74) is 0.715. The smallest absolute Gasteiger partial charge is 0.0593 e. The Morgan fingerprint density at radius 1 is 1.62 bits per heavy atom. The lowest BCUT2D eigenvalue weighted by Gasteiger charge is -1.90. The molecular weight excluding hydrogens is 102 g/mol. The third kappa shape index (κ3) is 3.65. The molecule has 0 unspecified atom stereocenters. The van der Waals surface area contributed by atoms with Crippen molar-refractivity contribution in [2.24, 2.45) is 5.16 Å². The molecule has 0 heterocycles. The van der Waals surface area contributed by atoms with Crippen LogP contribution >= 0.6 is 0 Å². The van der Waals surface area contributed by atoms with Crippen molar-refractivity contribution in [1.82, 2.24) is 0 Å². The number of hydrogen-bond donors (Lipinski definition) is 0. The molecule has 0 saturated carbocycles. The van der Waals surface area contributed by atoms with E-state index in [2.05, 4.69) is 12.1 Å². The number of nitrogens with zero attached hydrogens (tertiary/aromatic N) is 1. The zero-order valence-electron chi connectivity index (χ0n) is 5.48. The minimum absolute atomic E-state index is 0.715. The van der Waals surface area contributed by atoms with Crippen LogP contribution < -0.4 is 0 Å². The second-order valence-corrected chi connectivity index (χ2v) is 1.93. The zero-order chi connectivity index (χ0) is 6.41. The van der Waals surface area contributed by atoms with Crippen molar-refractivity contribution in [3.8, 4) is 0 Å². The molecule has 1 radical (unpaired) electrons. The van der Waals surface area contributed by atoms with Crippen molar-refractivity contribution in [3.63, 3.8) is 0 Å². The van der Waals surface area contributed by atoms with Crippen LogP contribution in [-0.4, -0.2) is 5.71 Å². The molecule has 0 aliphatic heterocycles. The van der Waals surface area contributed by atoms with Gasteiger partial charge in [-0.25, -0.2) is 0 Å². The fourth-order valence-electron chi connectivity index (χ4n) is 0.478. The van der Waals surface area contributed by atoms with Crippen LogP contribution in [0.5, 0.6) is 0 Å². The van der Waals surface area contributed by atoms with Gasteiger partial charge in [-0.2, -0.15) is 0 Å². The van der Waals surface area contributed by atoms with Crippen LogP contribution in [0.1, 0.15) is 33.1 Å². The van der Waals surface area contributed by atoms with Gasteiger partial charge in [-0.1, -0.05) is 13.3 Å². The molecule has 0 aromatic rings. The maximum Gasteiger partial charge on any atom is 0.0593 e. The summed E-state index contributed by atoms with van der Waals surface area (Å²) in [4.78, 5) is 0. The molecule has 0 aromatic carbocycles. The molecule has 2 heteroatoms. The summed E-state index contributed by atoms with van der Waals surface area (Å²) in [5.74, 6) is 0. The molecule has 0 amide bonds. The van der Waals surface area contributed by atoms with Gasteiger partial charge in [0.1, 0.15) is 0 Å².